The molecule has 0 bridgehead atoms. The van der Waals surface area contributed by atoms with Crippen LogP contribution in [0, 0.1) is 0 Å². The normalized spacial score (nSPS) is 11.5. The molecule has 3 aliphatic rings. The fourth-order valence-corrected chi connectivity index (χ4v) is 1.97. The quantitative estimate of drug-likeness (QED) is 0.638. The van der Waals surface area contributed by atoms with E-state index >= 15 is 0 Å². The predicted molar refractivity (Wildman–Crippen MR) is 74.5 cm³/mol. The Morgan fingerprint density at radius 1 is 0.941 bits per heavy atom. The summed E-state index contributed by atoms with van der Waals surface area (Å²) in [5.41, 5.74) is 4.10. The number of rotatable bonds is 0. The van der Waals surface area contributed by atoms with E-state index in [4.69, 9.17) is 0 Å². The molecule has 0 radical (unpaired) electrons. The molecular weight excluding hydrogens is 208 g/mol. The number of fused-ring (bicyclic) bond motifs is 3. The Bertz CT molecular complexity index is 523. The maximum Gasteiger partial charge on any atom is 0.187 e. The summed E-state index contributed by atoms with van der Waals surface area (Å²) in [4.78, 5) is 11.6. The molecule has 3 aliphatic carbocycles. The third-order valence-corrected chi connectivity index (χ3v) is 2.60. The molecule has 17 heavy (non-hydrogen) atoms. The fraction of sp³-hybridized carbons (Fsp3) is 0.188. The molecule has 0 saturated heterocycles. The fourth-order valence-electron chi connectivity index (χ4n) is 1.97. The number of carbonyl (C=O) groups excluding carboxylic acids is 1. The molecule has 0 heterocycles. The smallest absolute Gasteiger partial charge is 0.187 e. The molecule has 0 aromatic rings. The SMILES string of the molecule is C.CC.O=C1C=Cc2cc3cccccc-3c21. The van der Waals surface area contributed by atoms with E-state index < -0.39 is 0 Å². The first-order valence-corrected chi connectivity index (χ1v) is 5.60. The van der Waals surface area contributed by atoms with Crippen LogP contribution < -0.4 is 0 Å². The van der Waals surface area contributed by atoms with Gasteiger partial charge in [-0.25, -0.2) is 0 Å². The Kier molecular flexibility index (Phi) is 4.22. The molecule has 0 saturated carbocycles. The average molecular weight is 226 g/mol. The number of carbonyl (C=O) groups is 1. The third-order valence-electron chi connectivity index (χ3n) is 2.60. The molecule has 1 heteroatoms. The monoisotopic (exact) mass is 226 g/mol. The van der Waals surface area contributed by atoms with Crippen LogP contribution in [0.4, 0.5) is 0 Å². The van der Waals surface area contributed by atoms with Crippen molar-refractivity contribution in [3.63, 3.8) is 0 Å². The van der Waals surface area contributed by atoms with E-state index in [1.807, 2.05) is 50.3 Å². The largest absolute Gasteiger partial charge is 0.289 e. The highest BCUT2D eigenvalue weighted by Crippen LogP contribution is 2.35. The first kappa shape index (κ1) is 13.2. The maximum absolute atomic E-state index is 11.6. The molecule has 0 spiro atoms. The Morgan fingerprint density at radius 3 is 2.41 bits per heavy atom. The zero-order chi connectivity index (χ0) is 11.5. The van der Waals surface area contributed by atoms with Crippen LogP contribution in [-0.4, -0.2) is 5.78 Å². The average Bonchev–Trinajstić information content (AvgIpc) is 2.75. The summed E-state index contributed by atoms with van der Waals surface area (Å²) in [6.45, 7) is 4.00. The number of hydrogen-bond acceptors (Lipinski definition) is 1. The van der Waals surface area contributed by atoms with Gasteiger partial charge in [-0.05, 0) is 28.8 Å². The van der Waals surface area contributed by atoms with E-state index in [1.54, 1.807) is 6.08 Å². The van der Waals surface area contributed by atoms with Crippen molar-refractivity contribution >= 4 is 11.9 Å². The van der Waals surface area contributed by atoms with Gasteiger partial charge in [0, 0.05) is 5.56 Å². The first-order chi connectivity index (χ1) is 7.86. The minimum atomic E-state index is 0. The van der Waals surface area contributed by atoms with Gasteiger partial charge in [-0.3, -0.25) is 4.79 Å². The second-order valence-corrected chi connectivity index (χ2v) is 3.45. The second kappa shape index (κ2) is 5.44. The van der Waals surface area contributed by atoms with Crippen LogP contribution in [0.2, 0.25) is 0 Å². The van der Waals surface area contributed by atoms with E-state index in [9.17, 15) is 4.79 Å². The zero-order valence-electron chi connectivity index (χ0n) is 9.53. The molecular formula is C16H18O. The number of ketones is 1. The molecule has 1 nitrogen and oxygen atoms in total. The molecule has 0 atom stereocenters. The molecule has 0 N–H and O–H groups in total. The minimum Gasteiger partial charge on any atom is -0.289 e. The van der Waals surface area contributed by atoms with Crippen LogP contribution in [-0.2, 0) is 0 Å². The van der Waals surface area contributed by atoms with Crippen molar-refractivity contribution in [2.75, 3.05) is 0 Å². The molecule has 0 aliphatic heterocycles. The van der Waals surface area contributed by atoms with Crippen molar-refractivity contribution < 1.29 is 4.79 Å². The summed E-state index contributed by atoms with van der Waals surface area (Å²) in [7, 11) is 0. The summed E-state index contributed by atoms with van der Waals surface area (Å²) in [6.07, 6.45) is 3.52. The molecule has 0 unspecified atom stereocenters. The van der Waals surface area contributed by atoms with Gasteiger partial charge >= 0.3 is 0 Å². The van der Waals surface area contributed by atoms with E-state index in [0.717, 1.165) is 22.3 Å². The van der Waals surface area contributed by atoms with Gasteiger partial charge in [0.15, 0.2) is 5.78 Å². The van der Waals surface area contributed by atoms with Crippen LogP contribution in [0.15, 0.2) is 42.5 Å². The lowest BCUT2D eigenvalue weighted by atomic mass is 10.1. The summed E-state index contributed by atoms with van der Waals surface area (Å²) in [5.74, 6) is 0.126. The van der Waals surface area contributed by atoms with Crippen molar-refractivity contribution in [2.24, 2.45) is 0 Å². The van der Waals surface area contributed by atoms with Crippen molar-refractivity contribution in [2.45, 2.75) is 21.3 Å². The molecule has 3 rings (SSSR count). The van der Waals surface area contributed by atoms with Gasteiger partial charge in [-0.2, -0.15) is 0 Å². The van der Waals surface area contributed by atoms with Crippen LogP contribution in [0.1, 0.15) is 37.2 Å². The van der Waals surface area contributed by atoms with Crippen molar-refractivity contribution in [3.05, 3.63) is 53.6 Å². The lowest BCUT2D eigenvalue weighted by Crippen LogP contribution is -1.89. The van der Waals surface area contributed by atoms with Gasteiger partial charge < -0.3 is 0 Å². The topological polar surface area (TPSA) is 17.1 Å². The van der Waals surface area contributed by atoms with E-state index in [2.05, 4.69) is 6.07 Å². The van der Waals surface area contributed by atoms with Crippen LogP contribution >= 0.6 is 0 Å². The summed E-state index contributed by atoms with van der Waals surface area (Å²) >= 11 is 0. The molecule has 0 aromatic carbocycles. The first-order valence-electron chi connectivity index (χ1n) is 5.60. The van der Waals surface area contributed by atoms with Gasteiger partial charge in [0.2, 0.25) is 0 Å². The molecule has 0 aromatic heterocycles. The lowest BCUT2D eigenvalue weighted by Gasteiger charge is -1.94. The van der Waals surface area contributed by atoms with Crippen LogP contribution in [0.25, 0.3) is 17.2 Å². The van der Waals surface area contributed by atoms with Crippen molar-refractivity contribution in [1.29, 1.82) is 0 Å². The molecule has 0 amide bonds. The van der Waals surface area contributed by atoms with Crippen LogP contribution in [0.3, 0.4) is 0 Å². The number of hydrogen-bond donors (Lipinski definition) is 0. The summed E-state index contributed by atoms with van der Waals surface area (Å²) < 4.78 is 0. The Labute approximate surface area is 103 Å². The number of allylic oxidation sites excluding steroid dienone is 1. The van der Waals surface area contributed by atoms with E-state index in [0.29, 0.717) is 0 Å². The highest BCUT2D eigenvalue weighted by atomic mass is 16.1. The van der Waals surface area contributed by atoms with Gasteiger partial charge in [0.25, 0.3) is 0 Å². The maximum atomic E-state index is 11.6. The zero-order valence-corrected chi connectivity index (χ0v) is 9.53. The van der Waals surface area contributed by atoms with Crippen molar-refractivity contribution in [3.8, 4) is 11.1 Å². The highest BCUT2D eigenvalue weighted by Gasteiger charge is 2.21. The summed E-state index contributed by atoms with van der Waals surface area (Å²) in [5, 5.41) is 0. The van der Waals surface area contributed by atoms with Gasteiger partial charge in [0.05, 0.1) is 0 Å². The lowest BCUT2D eigenvalue weighted by molar-refractivity contribution is 0.105. The van der Waals surface area contributed by atoms with Crippen molar-refractivity contribution in [1.82, 2.24) is 0 Å². The van der Waals surface area contributed by atoms with E-state index in [1.165, 1.54) is 0 Å². The van der Waals surface area contributed by atoms with E-state index in [-0.39, 0.29) is 13.2 Å². The minimum absolute atomic E-state index is 0. The Balaban J connectivity index is 0.000000459. The highest BCUT2D eigenvalue weighted by molar-refractivity contribution is 6.18. The standard InChI is InChI=1S/C13H8O.C2H6.CH4/c14-12-7-6-10-8-9-4-2-1-3-5-11(9)13(10)12;1-2;/h1-8H;1-2H3;1H4. The van der Waals surface area contributed by atoms with Gasteiger partial charge in [0.1, 0.15) is 0 Å². The Hall–Kier alpha value is -1.89. The predicted octanol–water partition coefficient (Wildman–Crippen LogP) is 4.66. The second-order valence-electron chi connectivity index (χ2n) is 3.45. The third kappa shape index (κ3) is 2.14. The molecule has 88 valence electrons. The summed E-state index contributed by atoms with van der Waals surface area (Å²) in [6, 6.07) is 12.0. The molecule has 0 fully saturated rings. The van der Waals surface area contributed by atoms with Crippen LogP contribution in [0.5, 0.6) is 0 Å². The van der Waals surface area contributed by atoms with Gasteiger partial charge in [-0.1, -0.05) is 57.7 Å². The Morgan fingerprint density at radius 2 is 1.65 bits per heavy atom. The van der Waals surface area contributed by atoms with Gasteiger partial charge in [-0.15, -0.1) is 0 Å².